The minimum atomic E-state index is -0.941. The van der Waals surface area contributed by atoms with E-state index in [9.17, 15) is 19.5 Å². The van der Waals surface area contributed by atoms with Crippen molar-refractivity contribution in [3.63, 3.8) is 0 Å². The number of unbranched alkanes of at least 4 members (excludes halogenated alkanes) is 1. The minimum absolute atomic E-state index is 0.0374. The smallest absolute Gasteiger partial charge is 0.308 e. The SMILES string of the molecule is CCCCN(CCCN)C(=O)CN1CC(c2cc(OC)c3c(c2)OCO3)C(C(=O)O)C1CCN1Cc2ccccc2C1=O. The number of aliphatic carboxylic acids is 1. The molecule has 0 aromatic heterocycles. The number of nitrogens with two attached hydrogens (primary N) is 1. The molecule has 11 nitrogen and oxygen atoms in total. The molecule has 1 fully saturated rings. The normalized spacial score (nSPS) is 20.9. The van der Waals surface area contributed by atoms with Crippen molar-refractivity contribution < 1.29 is 33.7 Å². The molecule has 3 atom stereocenters. The maximum Gasteiger partial charge on any atom is 0.308 e. The average Bonchev–Trinajstić information content (AvgIpc) is 3.71. The molecule has 11 heteroatoms. The standard InChI is InChI=1S/C32H42N4O7/c1-3-4-12-34(13-7-11-33)28(37)19-36-18-24(22-15-26(41-2)30-27(16-22)42-20-43-30)29(32(39)40)25(36)10-14-35-17-21-8-5-6-9-23(21)31(35)38/h5-6,8-9,15-16,24-25,29H,3-4,7,10-14,17-20,33H2,1-2H3,(H,39,40). The van der Waals surface area contributed by atoms with Crippen LogP contribution in [0.25, 0.3) is 0 Å². The van der Waals surface area contributed by atoms with E-state index in [4.69, 9.17) is 19.9 Å². The number of carboxylic acids is 1. The van der Waals surface area contributed by atoms with Crippen molar-refractivity contribution in [2.24, 2.45) is 11.7 Å². The van der Waals surface area contributed by atoms with Crippen LogP contribution in [-0.4, -0.2) is 96.8 Å². The number of fused-ring (bicyclic) bond motifs is 2. The lowest BCUT2D eigenvalue weighted by Crippen LogP contribution is -2.46. The summed E-state index contributed by atoms with van der Waals surface area (Å²) in [7, 11) is 1.54. The molecule has 1 saturated heterocycles. The number of carbonyl (C=O) groups is 3. The second-order valence-corrected chi connectivity index (χ2v) is 11.5. The summed E-state index contributed by atoms with van der Waals surface area (Å²) in [6, 6.07) is 10.7. The van der Waals surface area contributed by atoms with E-state index in [0.717, 1.165) is 24.0 Å². The van der Waals surface area contributed by atoms with Gasteiger partial charge in [-0.2, -0.15) is 0 Å². The lowest BCUT2D eigenvalue weighted by molar-refractivity contribution is -0.144. The molecule has 0 aliphatic carbocycles. The fraction of sp³-hybridized carbons (Fsp3) is 0.531. The Morgan fingerprint density at radius 2 is 1.95 bits per heavy atom. The third kappa shape index (κ3) is 6.42. The van der Waals surface area contributed by atoms with Gasteiger partial charge in [0.05, 0.1) is 19.6 Å². The van der Waals surface area contributed by atoms with Gasteiger partial charge in [0.2, 0.25) is 18.4 Å². The van der Waals surface area contributed by atoms with E-state index in [-0.39, 0.29) is 25.2 Å². The van der Waals surface area contributed by atoms with Crippen molar-refractivity contribution in [2.75, 3.05) is 53.2 Å². The molecule has 2 amide bonds. The second-order valence-electron chi connectivity index (χ2n) is 11.5. The van der Waals surface area contributed by atoms with Gasteiger partial charge in [-0.05, 0) is 55.1 Å². The second kappa shape index (κ2) is 13.6. The first kappa shape index (κ1) is 30.6. The van der Waals surface area contributed by atoms with Crippen LogP contribution >= 0.6 is 0 Å². The topological polar surface area (TPSA) is 135 Å². The van der Waals surface area contributed by atoms with Gasteiger partial charge >= 0.3 is 5.97 Å². The molecule has 5 rings (SSSR count). The molecular formula is C32H42N4O7. The maximum atomic E-state index is 13.7. The minimum Gasteiger partial charge on any atom is -0.493 e. The number of carboxylic acid groups (broad SMARTS) is 1. The Balaban J connectivity index is 1.42. The largest absolute Gasteiger partial charge is 0.493 e. The number of hydrogen-bond donors (Lipinski definition) is 2. The number of hydrogen-bond acceptors (Lipinski definition) is 8. The molecular weight excluding hydrogens is 552 g/mol. The molecule has 0 spiro atoms. The van der Waals surface area contributed by atoms with Crippen molar-refractivity contribution in [2.45, 2.75) is 51.1 Å². The van der Waals surface area contributed by atoms with Crippen molar-refractivity contribution in [1.82, 2.24) is 14.7 Å². The van der Waals surface area contributed by atoms with Crippen LogP contribution in [0.15, 0.2) is 36.4 Å². The quantitative estimate of drug-likeness (QED) is 0.339. The Labute approximate surface area is 252 Å². The van der Waals surface area contributed by atoms with E-state index in [0.29, 0.717) is 74.9 Å². The van der Waals surface area contributed by atoms with Crippen LogP contribution in [0, 0.1) is 5.92 Å². The highest BCUT2D eigenvalue weighted by atomic mass is 16.7. The van der Waals surface area contributed by atoms with Crippen LogP contribution in [-0.2, 0) is 16.1 Å². The number of carbonyl (C=O) groups excluding carboxylic acids is 2. The predicted octanol–water partition coefficient (Wildman–Crippen LogP) is 2.92. The molecule has 3 unspecified atom stereocenters. The maximum absolute atomic E-state index is 13.7. The number of benzene rings is 2. The number of amides is 2. The number of nitrogens with zero attached hydrogens (tertiary/aromatic N) is 3. The zero-order valence-corrected chi connectivity index (χ0v) is 25.0. The van der Waals surface area contributed by atoms with Gasteiger partial charge in [-0.15, -0.1) is 0 Å². The zero-order chi connectivity index (χ0) is 30.5. The average molecular weight is 595 g/mol. The molecule has 232 valence electrons. The van der Waals surface area contributed by atoms with Crippen molar-refractivity contribution in [1.29, 1.82) is 0 Å². The molecule has 2 aromatic rings. The highest BCUT2D eigenvalue weighted by molar-refractivity contribution is 5.98. The zero-order valence-electron chi connectivity index (χ0n) is 25.0. The van der Waals surface area contributed by atoms with Gasteiger partial charge in [0.15, 0.2) is 11.5 Å². The molecule has 43 heavy (non-hydrogen) atoms. The molecule has 3 heterocycles. The summed E-state index contributed by atoms with van der Waals surface area (Å²) in [4.78, 5) is 45.4. The van der Waals surface area contributed by atoms with Gasteiger partial charge in [0.1, 0.15) is 0 Å². The monoisotopic (exact) mass is 594 g/mol. The van der Waals surface area contributed by atoms with Gasteiger partial charge in [0.25, 0.3) is 5.91 Å². The van der Waals surface area contributed by atoms with Gasteiger partial charge in [-0.1, -0.05) is 31.5 Å². The van der Waals surface area contributed by atoms with Crippen molar-refractivity contribution >= 4 is 17.8 Å². The van der Waals surface area contributed by atoms with Gasteiger partial charge < -0.3 is 34.9 Å². The Morgan fingerprint density at radius 1 is 1.16 bits per heavy atom. The van der Waals surface area contributed by atoms with E-state index in [1.54, 1.807) is 4.90 Å². The van der Waals surface area contributed by atoms with Crippen LogP contribution in [0.2, 0.25) is 0 Å². The van der Waals surface area contributed by atoms with Crippen LogP contribution in [0.4, 0.5) is 0 Å². The summed E-state index contributed by atoms with van der Waals surface area (Å²) in [5, 5.41) is 10.6. The van der Waals surface area contributed by atoms with E-state index < -0.39 is 23.8 Å². The van der Waals surface area contributed by atoms with Crippen LogP contribution in [0.3, 0.4) is 0 Å². The number of likely N-dealkylation sites (tertiary alicyclic amines) is 1. The first-order chi connectivity index (χ1) is 20.9. The summed E-state index contributed by atoms with van der Waals surface area (Å²) < 4.78 is 16.8. The number of ether oxygens (including phenoxy) is 3. The summed E-state index contributed by atoms with van der Waals surface area (Å²) in [5.41, 5.74) is 8.17. The molecule has 2 aromatic carbocycles. The molecule has 0 bridgehead atoms. The van der Waals surface area contributed by atoms with Crippen LogP contribution in [0.1, 0.15) is 60.0 Å². The summed E-state index contributed by atoms with van der Waals surface area (Å²) in [5.74, 6) is -0.783. The fourth-order valence-electron chi connectivity index (χ4n) is 6.60. The Hall–Kier alpha value is -3.83. The lowest BCUT2D eigenvalue weighted by Gasteiger charge is -2.30. The van der Waals surface area contributed by atoms with E-state index in [2.05, 4.69) is 6.92 Å². The fourth-order valence-corrected chi connectivity index (χ4v) is 6.60. The van der Waals surface area contributed by atoms with Crippen LogP contribution in [0.5, 0.6) is 17.2 Å². The highest BCUT2D eigenvalue weighted by Gasteiger charge is 2.48. The number of methoxy groups -OCH3 is 1. The Bertz CT molecular complexity index is 1330. The van der Waals surface area contributed by atoms with E-state index in [1.807, 2.05) is 46.2 Å². The molecule has 3 aliphatic rings. The van der Waals surface area contributed by atoms with Gasteiger partial charge in [-0.25, -0.2) is 0 Å². The lowest BCUT2D eigenvalue weighted by atomic mass is 9.84. The van der Waals surface area contributed by atoms with Crippen molar-refractivity contribution in [3.05, 3.63) is 53.1 Å². The Morgan fingerprint density at radius 3 is 2.67 bits per heavy atom. The highest BCUT2D eigenvalue weighted by Crippen LogP contribution is 2.47. The molecule has 0 saturated carbocycles. The Kier molecular flexibility index (Phi) is 9.72. The van der Waals surface area contributed by atoms with E-state index >= 15 is 0 Å². The van der Waals surface area contributed by atoms with Gasteiger partial charge in [0, 0.05) is 50.2 Å². The summed E-state index contributed by atoms with van der Waals surface area (Å²) in [6.07, 6.45) is 2.96. The summed E-state index contributed by atoms with van der Waals surface area (Å²) in [6.45, 7) is 5.18. The summed E-state index contributed by atoms with van der Waals surface area (Å²) >= 11 is 0. The third-order valence-corrected chi connectivity index (χ3v) is 8.84. The molecule has 0 radical (unpaired) electrons. The third-order valence-electron chi connectivity index (χ3n) is 8.84. The number of rotatable bonds is 14. The van der Waals surface area contributed by atoms with E-state index in [1.165, 1.54) is 7.11 Å². The van der Waals surface area contributed by atoms with Gasteiger partial charge in [-0.3, -0.25) is 19.3 Å². The molecule has 3 aliphatic heterocycles. The first-order valence-corrected chi connectivity index (χ1v) is 15.2. The van der Waals surface area contributed by atoms with Crippen LogP contribution < -0.4 is 19.9 Å². The van der Waals surface area contributed by atoms with Crippen molar-refractivity contribution in [3.8, 4) is 17.2 Å². The predicted molar refractivity (Wildman–Crippen MR) is 159 cm³/mol. The molecule has 3 N–H and O–H groups in total. The first-order valence-electron chi connectivity index (χ1n) is 15.2.